The standard InChI is InChI=1S/C13H18ClN3O/c1-3-9-4-5-10(8(9)2)17-13(18)11-6-15-7-12(14)16-11/h6-10H,3-5H2,1-2H3,(H,17,18). The summed E-state index contributed by atoms with van der Waals surface area (Å²) in [7, 11) is 0. The third-order valence-electron chi connectivity index (χ3n) is 3.91. The van der Waals surface area contributed by atoms with Crippen molar-refractivity contribution in [2.75, 3.05) is 0 Å². The quantitative estimate of drug-likeness (QED) is 0.916. The van der Waals surface area contributed by atoms with Gasteiger partial charge in [-0.05, 0) is 24.7 Å². The summed E-state index contributed by atoms with van der Waals surface area (Å²) in [5.74, 6) is 1.05. The third-order valence-corrected chi connectivity index (χ3v) is 4.09. The highest BCUT2D eigenvalue weighted by Crippen LogP contribution is 2.33. The third kappa shape index (κ3) is 2.80. The van der Waals surface area contributed by atoms with Crippen molar-refractivity contribution in [3.63, 3.8) is 0 Å². The molecule has 5 heteroatoms. The van der Waals surface area contributed by atoms with E-state index in [1.165, 1.54) is 25.2 Å². The predicted octanol–water partition coefficient (Wildman–Crippen LogP) is 2.68. The van der Waals surface area contributed by atoms with Crippen molar-refractivity contribution in [2.24, 2.45) is 11.8 Å². The van der Waals surface area contributed by atoms with Crippen LogP contribution in [0.2, 0.25) is 5.15 Å². The van der Waals surface area contributed by atoms with Gasteiger partial charge in [-0.3, -0.25) is 9.78 Å². The fourth-order valence-electron chi connectivity index (χ4n) is 2.72. The molecular formula is C13H18ClN3O. The summed E-state index contributed by atoms with van der Waals surface area (Å²) in [4.78, 5) is 19.9. The number of halogens is 1. The first-order valence-corrected chi connectivity index (χ1v) is 6.78. The van der Waals surface area contributed by atoms with Crippen LogP contribution in [0, 0.1) is 11.8 Å². The SMILES string of the molecule is CCC1CCC(NC(=O)c2cncc(Cl)n2)C1C. The molecule has 3 atom stereocenters. The van der Waals surface area contributed by atoms with Gasteiger partial charge < -0.3 is 5.32 Å². The molecule has 18 heavy (non-hydrogen) atoms. The van der Waals surface area contributed by atoms with Gasteiger partial charge in [-0.2, -0.15) is 0 Å². The van der Waals surface area contributed by atoms with E-state index in [9.17, 15) is 4.79 Å². The van der Waals surface area contributed by atoms with Gasteiger partial charge in [-0.15, -0.1) is 0 Å². The van der Waals surface area contributed by atoms with Gasteiger partial charge in [0.2, 0.25) is 0 Å². The van der Waals surface area contributed by atoms with Crippen LogP contribution in [0.5, 0.6) is 0 Å². The summed E-state index contributed by atoms with van der Waals surface area (Å²) < 4.78 is 0. The molecule has 98 valence electrons. The summed E-state index contributed by atoms with van der Waals surface area (Å²) in [6.45, 7) is 4.41. The summed E-state index contributed by atoms with van der Waals surface area (Å²) in [6, 6.07) is 0.239. The van der Waals surface area contributed by atoms with Crippen LogP contribution in [0.4, 0.5) is 0 Å². The molecule has 1 aliphatic rings. The molecule has 0 radical (unpaired) electrons. The highest BCUT2D eigenvalue weighted by Gasteiger charge is 2.32. The Kier molecular flexibility index (Phi) is 4.17. The second-order valence-electron chi connectivity index (χ2n) is 4.91. The van der Waals surface area contributed by atoms with Crippen LogP contribution in [-0.2, 0) is 0 Å². The zero-order chi connectivity index (χ0) is 13.1. The van der Waals surface area contributed by atoms with E-state index < -0.39 is 0 Å². The van der Waals surface area contributed by atoms with Crippen LogP contribution in [0.25, 0.3) is 0 Å². The molecule has 0 aromatic carbocycles. The molecule has 1 aliphatic carbocycles. The van der Waals surface area contributed by atoms with E-state index in [4.69, 9.17) is 11.6 Å². The Hall–Kier alpha value is -1.16. The molecule has 1 saturated carbocycles. The summed E-state index contributed by atoms with van der Waals surface area (Å²) in [6.07, 6.45) is 6.26. The second kappa shape index (κ2) is 5.65. The highest BCUT2D eigenvalue weighted by atomic mass is 35.5. The Balaban J connectivity index is 2.00. The molecule has 0 saturated heterocycles. The minimum Gasteiger partial charge on any atom is -0.348 e. The van der Waals surface area contributed by atoms with Crippen molar-refractivity contribution in [2.45, 2.75) is 39.2 Å². The maximum atomic E-state index is 12.0. The molecule has 1 fully saturated rings. The number of nitrogens with zero attached hydrogens (tertiary/aromatic N) is 2. The summed E-state index contributed by atoms with van der Waals surface area (Å²) in [5.41, 5.74) is 0.287. The minimum absolute atomic E-state index is 0.182. The fourth-order valence-corrected chi connectivity index (χ4v) is 2.87. The van der Waals surface area contributed by atoms with Crippen LogP contribution < -0.4 is 5.32 Å². The molecule has 0 spiro atoms. The predicted molar refractivity (Wildman–Crippen MR) is 70.5 cm³/mol. The van der Waals surface area contributed by atoms with Gasteiger partial charge in [0.25, 0.3) is 5.91 Å². The van der Waals surface area contributed by atoms with Crippen LogP contribution in [0.15, 0.2) is 12.4 Å². The Morgan fingerprint density at radius 1 is 1.50 bits per heavy atom. The van der Waals surface area contributed by atoms with E-state index in [1.54, 1.807) is 0 Å². The average Bonchev–Trinajstić information content (AvgIpc) is 2.70. The van der Waals surface area contributed by atoms with Gasteiger partial charge in [0.1, 0.15) is 10.8 Å². The molecule has 2 rings (SSSR count). The first-order valence-electron chi connectivity index (χ1n) is 6.40. The lowest BCUT2D eigenvalue weighted by molar-refractivity contribution is 0.0921. The number of hydrogen-bond donors (Lipinski definition) is 1. The smallest absolute Gasteiger partial charge is 0.271 e. The first-order chi connectivity index (χ1) is 8.61. The molecular weight excluding hydrogens is 250 g/mol. The normalized spacial score (nSPS) is 27.2. The van der Waals surface area contributed by atoms with Gasteiger partial charge >= 0.3 is 0 Å². The highest BCUT2D eigenvalue weighted by molar-refractivity contribution is 6.29. The molecule has 4 nitrogen and oxygen atoms in total. The van der Waals surface area contributed by atoms with Crippen molar-refractivity contribution >= 4 is 17.5 Å². The van der Waals surface area contributed by atoms with Crippen LogP contribution in [0.3, 0.4) is 0 Å². The average molecular weight is 268 g/mol. The topological polar surface area (TPSA) is 54.9 Å². The van der Waals surface area contributed by atoms with Crippen molar-refractivity contribution < 1.29 is 4.79 Å². The lowest BCUT2D eigenvalue weighted by atomic mass is 9.93. The lowest BCUT2D eigenvalue weighted by Gasteiger charge is -2.20. The maximum Gasteiger partial charge on any atom is 0.271 e. The van der Waals surface area contributed by atoms with Gasteiger partial charge in [0.05, 0.1) is 12.4 Å². The van der Waals surface area contributed by atoms with E-state index in [0.717, 1.165) is 6.42 Å². The van der Waals surface area contributed by atoms with Gasteiger partial charge in [0, 0.05) is 6.04 Å². The largest absolute Gasteiger partial charge is 0.348 e. The number of carbonyl (C=O) groups excluding carboxylic acids is 1. The zero-order valence-electron chi connectivity index (χ0n) is 10.7. The van der Waals surface area contributed by atoms with E-state index in [0.29, 0.717) is 11.8 Å². The molecule has 0 bridgehead atoms. The molecule has 1 aromatic rings. The van der Waals surface area contributed by atoms with E-state index in [2.05, 4.69) is 29.1 Å². The van der Waals surface area contributed by atoms with Gasteiger partial charge in [0.15, 0.2) is 0 Å². The van der Waals surface area contributed by atoms with Crippen LogP contribution >= 0.6 is 11.6 Å². The number of nitrogens with one attached hydrogen (secondary N) is 1. The lowest BCUT2D eigenvalue weighted by Crippen LogP contribution is -2.38. The van der Waals surface area contributed by atoms with E-state index in [-0.39, 0.29) is 22.8 Å². The zero-order valence-corrected chi connectivity index (χ0v) is 11.4. The number of carbonyl (C=O) groups is 1. The van der Waals surface area contributed by atoms with Gasteiger partial charge in [-0.1, -0.05) is 31.9 Å². The van der Waals surface area contributed by atoms with Crippen molar-refractivity contribution in [1.82, 2.24) is 15.3 Å². The first kappa shape index (κ1) is 13.3. The van der Waals surface area contributed by atoms with Crippen molar-refractivity contribution in [3.8, 4) is 0 Å². The molecule has 0 aliphatic heterocycles. The Bertz CT molecular complexity index is 438. The number of hydrogen-bond acceptors (Lipinski definition) is 3. The van der Waals surface area contributed by atoms with Crippen LogP contribution in [0.1, 0.15) is 43.6 Å². The number of amides is 1. The second-order valence-corrected chi connectivity index (χ2v) is 5.30. The molecule has 1 N–H and O–H groups in total. The monoisotopic (exact) mass is 267 g/mol. The van der Waals surface area contributed by atoms with E-state index >= 15 is 0 Å². The summed E-state index contributed by atoms with van der Waals surface area (Å²) in [5, 5.41) is 3.28. The van der Waals surface area contributed by atoms with E-state index in [1.807, 2.05) is 0 Å². The Labute approximate surface area is 112 Å². The number of aromatic nitrogens is 2. The molecule has 3 unspecified atom stereocenters. The molecule has 1 aromatic heterocycles. The summed E-state index contributed by atoms with van der Waals surface area (Å²) >= 11 is 5.73. The fraction of sp³-hybridized carbons (Fsp3) is 0.615. The molecule has 1 amide bonds. The molecule has 1 heterocycles. The minimum atomic E-state index is -0.182. The Morgan fingerprint density at radius 3 is 2.89 bits per heavy atom. The van der Waals surface area contributed by atoms with Crippen molar-refractivity contribution in [3.05, 3.63) is 23.2 Å². The van der Waals surface area contributed by atoms with Crippen molar-refractivity contribution in [1.29, 1.82) is 0 Å². The van der Waals surface area contributed by atoms with Crippen LogP contribution in [-0.4, -0.2) is 21.9 Å². The number of rotatable bonds is 3. The van der Waals surface area contributed by atoms with Gasteiger partial charge in [-0.25, -0.2) is 4.98 Å². The Morgan fingerprint density at radius 2 is 2.28 bits per heavy atom. The maximum absolute atomic E-state index is 12.0.